The summed E-state index contributed by atoms with van der Waals surface area (Å²) in [5.41, 5.74) is 1.33. The highest BCUT2D eigenvalue weighted by atomic mass is 35.5. The summed E-state index contributed by atoms with van der Waals surface area (Å²) in [6.45, 7) is 2.94. The van der Waals surface area contributed by atoms with E-state index >= 15 is 0 Å². The molecular weight excluding hydrogens is 333 g/mol. The Bertz CT molecular complexity index is 764. The van der Waals surface area contributed by atoms with Gasteiger partial charge in [0.25, 0.3) is 5.91 Å². The Hall–Kier alpha value is -2.40. The number of halogens is 2. The smallest absolute Gasteiger partial charge is 0.338 e. The molecule has 2 rings (SSSR count). The van der Waals surface area contributed by atoms with Crippen LogP contribution >= 0.6 is 11.6 Å². The highest BCUT2D eigenvalue weighted by Crippen LogP contribution is 2.17. The fraction of sp³-hybridized carbons (Fsp3) is 0.222. The largest absolute Gasteiger partial charge is 0.452 e. The molecule has 2 aromatic carbocycles. The average Bonchev–Trinajstić information content (AvgIpc) is 2.55. The van der Waals surface area contributed by atoms with Crippen molar-refractivity contribution in [1.29, 1.82) is 0 Å². The minimum Gasteiger partial charge on any atom is -0.452 e. The van der Waals surface area contributed by atoms with Crippen molar-refractivity contribution >= 4 is 23.5 Å². The van der Waals surface area contributed by atoms with E-state index in [-0.39, 0.29) is 11.6 Å². The molecule has 4 nitrogen and oxygen atoms in total. The molecule has 126 valence electrons. The quantitative estimate of drug-likeness (QED) is 0.835. The maximum Gasteiger partial charge on any atom is 0.338 e. The fourth-order valence-electron chi connectivity index (χ4n) is 2.08. The van der Waals surface area contributed by atoms with Crippen LogP contribution in [0, 0.1) is 12.7 Å². The zero-order valence-corrected chi connectivity index (χ0v) is 14.1. The van der Waals surface area contributed by atoms with E-state index < -0.39 is 24.3 Å². The van der Waals surface area contributed by atoms with Gasteiger partial charge in [0.1, 0.15) is 5.82 Å². The number of benzene rings is 2. The molecule has 0 saturated carbocycles. The molecular formula is C18H17ClFNO3. The van der Waals surface area contributed by atoms with Crippen molar-refractivity contribution in [3.05, 3.63) is 70.0 Å². The molecule has 0 spiro atoms. The molecule has 2 aromatic rings. The molecule has 0 saturated heterocycles. The standard InChI is InChI=1S/C18H17ClFNO3/c1-11-6-7-14(9-16(11)20)18(23)24-10-17(22)21-12(2)13-4-3-5-15(19)8-13/h3-9,12H,10H2,1-2H3,(H,21,22)/t12-/m0/s1. The third-order valence-corrected chi connectivity index (χ3v) is 3.70. The predicted molar refractivity (Wildman–Crippen MR) is 89.4 cm³/mol. The van der Waals surface area contributed by atoms with Crippen molar-refractivity contribution in [3.63, 3.8) is 0 Å². The molecule has 0 aliphatic rings. The van der Waals surface area contributed by atoms with E-state index in [9.17, 15) is 14.0 Å². The Morgan fingerprint density at radius 1 is 1.25 bits per heavy atom. The Balaban J connectivity index is 1.88. The maximum absolute atomic E-state index is 13.4. The molecule has 1 N–H and O–H groups in total. The van der Waals surface area contributed by atoms with Gasteiger partial charge in [0.15, 0.2) is 6.61 Å². The van der Waals surface area contributed by atoms with E-state index in [1.165, 1.54) is 12.1 Å². The summed E-state index contributed by atoms with van der Waals surface area (Å²) in [7, 11) is 0. The topological polar surface area (TPSA) is 55.4 Å². The number of ether oxygens (including phenoxy) is 1. The van der Waals surface area contributed by atoms with Crippen molar-refractivity contribution in [3.8, 4) is 0 Å². The van der Waals surface area contributed by atoms with Crippen molar-refractivity contribution in [2.45, 2.75) is 19.9 Å². The Labute approximate surface area is 144 Å². The Morgan fingerprint density at radius 3 is 2.67 bits per heavy atom. The number of amides is 1. The molecule has 0 aromatic heterocycles. The second kappa shape index (κ2) is 7.93. The minimum absolute atomic E-state index is 0.0637. The third-order valence-electron chi connectivity index (χ3n) is 3.47. The minimum atomic E-state index is -0.751. The Kier molecular flexibility index (Phi) is 5.93. The van der Waals surface area contributed by atoms with E-state index in [1.54, 1.807) is 32.0 Å². The van der Waals surface area contributed by atoms with Crippen molar-refractivity contribution in [1.82, 2.24) is 5.32 Å². The summed E-state index contributed by atoms with van der Waals surface area (Å²) in [5, 5.41) is 3.27. The van der Waals surface area contributed by atoms with Crippen LogP contribution in [-0.2, 0) is 9.53 Å². The van der Waals surface area contributed by atoms with E-state index in [0.717, 1.165) is 11.6 Å². The van der Waals surface area contributed by atoms with Crippen LogP contribution in [0.2, 0.25) is 5.02 Å². The molecule has 1 amide bonds. The van der Waals surface area contributed by atoms with Gasteiger partial charge in [0.2, 0.25) is 0 Å². The zero-order valence-electron chi connectivity index (χ0n) is 13.3. The summed E-state index contributed by atoms with van der Waals surface area (Å²) in [5.74, 6) is -1.70. The molecule has 24 heavy (non-hydrogen) atoms. The molecule has 0 fully saturated rings. The fourth-order valence-corrected chi connectivity index (χ4v) is 2.28. The van der Waals surface area contributed by atoms with Crippen LogP contribution in [0.3, 0.4) is 0 Å². The van der Waals surface area contributed by atoms with E-state index in [1.807, 2.05) is 6.07 Å². The number of carbonyl (C=O) groups excluding carboxylic acids is 2. The lowest BCUT2D eigenvalue weighted by Crippen LogP contribution is -2.31. The van der Waals surface area contributed by atoms with Crippen LogP contribution in [0.5, 0.6) is 0 Å². The summed E-state index contributed by atoms with van der Waals surface area (Å²) >= 11 is 5.91. The van der Waals surface area contributed by atoms with Crippen LogP contribution in [-0.4, -0.2) is 18.5 Å². The van der Waals surface area contributed by atoms with Gasteiger partial charge in [-0.05, 0) is 49.2 Å². The number of nitrogens with one attached hydrogen (secondary N) is 1. The van der Waals surface area contributed by atoms with Gasteiger partial charge in [-0.1, -0.05) is 29.8 Å². The first kappa shape index (κ1) is 17.9. The number of aryl methyl sites for hydroxylation is 1. The van der Waals surface area contributed by atoms with Gasteiger partial charge in [-0.2, -0.15) is 0 Å². The number of rotatable bonds is 5. The van der Waals surface area contributed by atoms with Crippen LogP contribution in [0.4, 0.5) is 4.39 Å². The molecule has 0 unspecified atom stereocenters. The summed E-state index contributed by atoms with van der Waals surface area (Å²) in [4.78, 5) is 23.7. The first-order valence-corrected chi connectivity index (χ1v) is 7.72. The summed E-state index contributed by atoms with van der Waals surface area (Å²) in [6, 6.07) is 10.8. The highest BCUT2D eigenvalue weighted by Gasteiger charge is 2.14. The van der Waals surface area contributed by atoms with Gasteiger partial charge in [-0.25, -0.2) is 9.18 Å². The summed E-state index contributed by atoms with van der Waals surface area (Å²) < 4.78 is 18.3. The number of hydrogen-bond acceptors (Lipinski definition) is 3. The molecule has 0 aliphatic carbocycles. The van der Waals surface area contributed by atoms with Gasteiger partial charge in [0, 0.05) is 5.02 Å². The van der Waals surface area contributed by atoms with Gasteiger partial charge >= 0.3 is 5.97 Å². The SMILES string of the molecule is Cc1ccc(C(=O)OCC(=O)N[C@@H](C)c2cccc(Cl)c2)cc1F. The van der Waals surface area contributed by atoms with Crippen molar-refractivity contribution in [2.75, 3.05) is 6.61 Å². The normalized spacial score (nSPS) is 11.7. The van der Waals surface area contributed by atoms with Crippen LogP contribution in [0.15, 0.2) is 42.5 Å². The molecule has 0 heterocycles. The van der Waals surface area contributed by atoms with Crippen molar-refractivity contribution in [2.24, 2.45) is 0 Å². The van der Waals surface area contributed by atoms with E-state index in [0.29, 0.717) is 10.6 Å². The first-order chi connectivity index (χ1) is 11.4. The molecule has 0 aliphatic heterocycles. The van der Waals surface area contributed by atoms with Gasteiger partial charge in [0.05, 0.1) is 11.6 Å². The second-order valence-electron chi connectivity index (χ2n) is 5.38. The van der Waals surface area contributed by atoms with Crippen molar-refractivity contribution < 1.29 is 18.7 Å². The number of carbonyl (C=O) groups is 2. The summed E-state index contributed by atoms with van der Waals surface area (Å²) in [6.07, 6.45) is 0. The van der Waals surface area contributed by atoms with Gasteiger partial charge in [-0.15, -0.1) is 0 Å². The van der Waals surface area contributed by atoms with Gasteiger partial charge in [-0.3, -0.25) is 4.79 Å². The van der Waals surface area contributed by atoms with E-state index in [4.69, 9.17) is 16.3 Å². The third kappa shape index (κ3) is 4.80. The zero-order chi connectivity index (χ0) is 17.7. The first-order valence-electron chi connectivity index (χ1n) is 7.35. The van der Waals surface area contributed by atoms with Gasteiger partial charge < -0.3 is 10.1 Å². The lowest BCUT2D eigenvalue weighted by Gasteiger charge is -2.14. The Morgan fingerprint density at radius 2 is 2.00 bits per heavy atom. The molecule has 0 bridgehead atoms. The monoisotopic (exact) mass is 349 g/mol. The number of esters is 1. The lowest BCUT2D eigenvalue weighted by atomic mass is 10.1. The molecule has 0 radical (unpaired) electrons. The lowest BCUT2D eigenvalue weighted by molar-refractivity contribution is -0.124. The van der Waals surface area contributed by atoms with E-state index in [2.05, 4.69) is 5.32 Å². The number of hydrogen-bond donors (Lipinski definition) is 1. The van der Waals surface area contributed by atoms with Crippen LogP contribution in [0.25, 0.3) is 0 Å². The highest BCUT2D eigenvalue weighted by molar-refractivity contribution is 6.30. The maximum atomic E-state index is 13.4. The average molecular weight is 350 g/mol. The molecule has 1 atom stereocenters. The predicted octanol–water partition coefficient (Wildman–Crippen LogP) is 3.82. The van der Waals surface area contributed by atoms with Crippen LogP contribution in [0.1, 0.15) is 34.5 Å². The molecule has 6 heteroatoms. The van der Waals surface area contributed by atoms with Crippen LogP contribution < -0.4 is 5.32 Å². The second-order valence-corrected chi connectivity index (χ2v) is 5.82.